The molecule has 3 aliphatic heterocycles. The summed E-state index contributed by atoms with van der Waals surface area (Å²) in [5, 5.41) is 23.8. The summed E-state index contributed by atoms with van der Waals surface area (Å²) in [6.45, 7) is 7.58. The fourth-order valence-electron chi connectivity index (χ4n) is 8.98. The number of hydrogen-bond donors (Lipinski definition) is 1. The fraction of sp³-hybridized carbons (Fsp3) is 0.731. The summed E-state index contributed by atoms with van der Waals surface area (Å²) in [7, 11) is 0. The highest BCUT2D eigenvalue weighted by atomic mass is 16.6. The van der Waals surface area contributed by atoms with Crippen LogP contribution >= 0.6 is 0 Å². The number of hydrogen-bond acceptors (Lipinski definition) is 9. The second kappa shape index (κ2) is 6.75. The van der Waals surface area contributed by atoms with Crippen molar-refractivity contribution >= 4 is 17.7 Å². The number of rotatable bonds is 3. The van der Waals surface area contributed by atoms with Crippen LogP contribution in [0.3, 0.4) is 0 Å². The predicted octanol–water partition coefficient (Wildman–Crippen LogP) is 1.32. The Kier molecular flexibility index (Phi) is 4.47. The van der Waals surface area contributed by atoms with Gasteiger partial charge in [-0.2, -0.15) is 0 Å². The van der Waals surface area contributed by atoms with Crippen molar-refractivity contribution in [3.8, 4) is 0 Å². The second-order valence-corrected chi connectivity index (χ2v) is 12.1. The van der Waals surface area contributed by atoms with E-state index >= 15 is 0 Å². The van der Waals surface area contributed by atoms with Gasteiger partial charge in [0.25, 0.3) is 0 Å². The molecule has 2 spiro atoms. The van der Waals surface area contributed by atoms with Crippen LogP contribution in [0.15, 0.2) is 23.0 Å². The minimum Gasteiger partial charge on any atom is -0.547 e. The van der Waals surface area contributed by atoms with Crippen molar-refractivity contribution in [1.29, 1.82) is 0 Å². The van der Waals surface area contributed by atoms with Crippen molar-refractivity contribution in [2.45, 2.75) is 82.9 Å². The standard InChI is InChI=1S/C26H32O9/c1-22(2)15-9-16(27)24(4)14(25(15)12-33-18(28)10-17(25)34-22)5-7-23(3,19(29)13-6-8-32-11-13)26(24)20(35-26)21(30)31/h6,8,11,14-15,17,19-20,29H,5,7,9-10,12H2,1-4H3,(H,30,31)/p-1/t14?,15?,17?,19-,20?,23-,24?,25?,26?/m0/s1. The largest absolute Gasteiger partial charge is 0.547 e. The van der Waals surface area contributed by atoms with Crippen molar-refractivity contribution in [3.63, 3.8) is 0 Å². The predicted molar refractivity (Wildman–Crippen MR) is 115 cm³/mol. The SMILES string of the molecule is CC1(C)OC2CC(=O)OCC23C1CC(=O)C1(C)C3CC[C@@](C)([C@@H](O)c2ccoc2)C12OC2C(=O)[O-]. The van der Waals surface area contributed by atoms with Crippen molar-refractivity contribution in [3.05, 3.63) is 24.2 Å². The number of carboxylic acids is 1. The Morgan fingerprint density at radius 2 is 1.89 bits per heavy atom. The number of Topliss-reactive ketones (excluding diaryl/α,β-unsaturated/α-hetero) is 1. The van der Waals surface area contributed by atoms with Crippen LogP contribution in [0.4, 0.5) is 0 Å². The van der Waals surface area contributed by atoms with E-state index < -0.39 is 51.7 Å². The molecule has 9 nitrogen and oxygen atoms in total. The fourth-order valence-corrected chi connectivity index (χ4v) is 8.98. The van der Waals surface area contributed by atoms with Crippen LogP contribution < -0.4 is 5.11 Å². The highest BCUT2D eigenvalue weighted by Crippen LogP contribution is 2.78. The summed E-state index contributed by atoms with van der Waals surface area (Å²) in [5.74, 6) is -2.41. The van der Waals surface area contributed by atoms with E-state index in [1.165, 1.54) is 12.5 Å². The molecule has 5 fully saturated rings. The highest BCUT2D eigenvalue weighted by molar-refractivity contribution is 5.92. The lowest BCUT2D eigenvalue weighted by Crippen LogP contribution is -2.72. The molecule has 9 heteroatoms. The number of furan rings is 1. The topological polar surface area (TPSA) is 139 Å². The Morgan fingerprint density at radius 3 is 2.51 bits per heavy atom. The maximum Gasteiger partial charge on any atom is 0.308 e. The van der Waals surface area contributed by atoms with E-state index in [1.54, 1.807) is 19.9 Å². The Labute approximate surface area is 203 Å². The summed E-state index contributed by atoms with van der Waals surface area (Å²) in [6, 6.07) is 1.63. The van der Waals surface area contributed by atoms with E-state index in [1.807, 2.05) is 13.8 Å². The van der Waals surface area contributed by atoms with E-state index in [-0.39, 0.29) is 43.0 Å². The summed E-state index contributed by atoms with van der Waals surface area (Å²) in [4.78, 5) is 38.7. The highest BCUT2D eigenvalue weighted by Gasteiger charge is 2.86. The smallest absolute Gasteiger partial charge is 0.308 e. The van der Waals surface area contributed by atoms with E-state index in [9.17, 15) is 24.6 Å². The first kappa shape index (κ1) is 23.2. The number of carboxylic acid groups (broad SMARTS) is 1. The first-order chi connectivity index (χ1) is 16.4. The quantitative estimate of drug-likeness (QED) is 0.494. The van der Waals surface area contributed by atoms with E-state index in [0.29, 0.717) is 18.4 Å². The van der Waals surface area contributed by atoms with Crippen LogP contribution in [0.25, 0.3) is 0 Å². The molecule has 9 atom stereocenters. The van der Waals surface area contributed by atoms with Crippen LogP contribution in [0, 0.1) is 28.1 Å². The van der Waals surface area contributed by atoms with E-state index in [2.05, 4.69) is 0 Å². The summed E-state index contributed by atoms with van der Waals surface area (Å²) >= 11 is 0. The third-order valence-corrected chi connectivity index (χ3v) is 10.5. The number of aliphatic carboxylic acids is 1. The molecular weight excluding hydrogens is 456 g/mol. The maximum atomic E-state index is 14.2. The molecule has 1 aromatic rings. The molecule has 1 aromatic heterocycles. The number of cyclic esters (lactones) is 1. The number of epoxide rings is 1. The van der Waals surface area contributed by atoms with Gasteiger partial charge < -0.3 is 33.6 Å². The zero-order valence-corrected chi connectivity index (χ0v) is 20.4. The number of ether oxygens (including phenoxy) is 3. The average molecular weight is 488 g/mol. The number of aliphatic hydroxyl groups excluding tert-OH is 1. The van der Waals surface area contributed by atoms with Gasteiger partial charge in [-0.1, -0.05) is 6.92 Å². The van der Waals surface area contributed by atoms with Gasteiger partial charge in [0.1, 0.15) is 24.1 Å². The Morgan fingerprint density at radius 1 is 1.14 bits per heavy atom. The van der Waals surface area contributed by atoms with Gasteiger partial charge in [0.05, 0.1) is 48.1 Å². The minimum atomic E-state index is -1.49. The normalized spacial score (nSPS) is 48.5. The second-order valence-electron chi connectivity index (χ2n) is 12.1. The monoisotopic (exact) mass is 487 g/mol. The third-order valence-electron chi connectivity index (χ3n) is 10.5. The molecule has 35 heavy (non-hydrogen) atoms. The van der Waals surface area contributed by atoms with E-state index in [4.69, 9.17) is 18.6 Å². The molecule has 7 unspecified atom stereocenters. The third kappa shape index (κ3) is 2.47. The van der Waals surface area contributed by atoms with Gasteiger partial charge >= 0.3 is 5.97 Å². The maximum absolute atomic E-state index is 14.2. The molecule has 0 aromatic carbocycles. The summed E-state index contributed by atoms with van der Waals surface area (Å²) in [5.41, 5.74) is -4.68. The summed E-state index contributed by atoms with van der Waals surface area (Å²) < 4.78 is 23.3. The van der Waals surface area contributed by atoms with Gasteiger partial charge in [-0.25, -0.2) is 0 Å². The van der Waals surface area contributed by atoms with Crippen LogP contribution in [0.5, 0.6) is 0 Å². The van der Waals surface area contributed by atoms with Crippen LogP contribution in [0.1, 0.15) is 65.0 Å². The molecule has 1 N–H and O–H groups in total. The van der Waals surface area contributed by atoms with Gasteiger partial charge in [-0.15, -0.1) is 0 Å². The molecule has 2 saturated carbocycles. The van der Waals surface area contributed by atoms with Crippen LogP contribution in [0.2, 0.25) is 0 Å². The van der Waals surface area contributed by atoms with Crippen molar-refractivity contribution in [2.75, 3.05) is 6.61 Å². The molecule has 4 heterocycles. The van der Waals surface area contributed by atoms with Gasteiger partial charge in [-0.3, -0.25) is 9.59 Å². The van der Waals surface area contributed by atoms with E-state index in [0.717, 1.165) is 0 Å². The Bertz CT molecular complexity index is 1110. The first-order valence-electron chi connectivity index (χ1n) is 12.3. The molecule has 5 aliphatic rings. The molecular formula is C26H31O9-. The number of esters is 1. The van der Waals surface area contributed by atoms with Crippen LogP contribution in [-0.2, 0) is 28.6 Å². The van der Waals surface area contributed by atoms with Crippen LogP contribution in [-0.4, -0.2) is 52.8 Å². The molecule has 0 radical (unpaired) electrons. The molecule has 2 aliphatic carbocycles. The number of aliphatic hydroxyl groups is 1. The molecule has 0 bridgehead atoms. The van der Waals surface area contributed by atoms with Crippen molar-refractivity contribution in [1.82, 2.24) is 0 Å². The number of ketones is 1. The molecule has 3 saturated heterocycles. The zero-order valence-electron chi connectivity index (χ0n) is 20.4. The minimum absolute atomic E-state index is 0.0907. The Hall–Kier alpha value is -2.23. The first-order valence-corrected chi connectivity index (χ1v) is 12.3. The lowest BCUT2D eigenvalue weighted by Gasteiger charge is -2.64. The lowest BCUT2D eigenvalue weighted by atomic mass is 9.37. The van der Waals surface area contributed by atoms with Crippen molar-refractivity contribution in [2.24, 2.45) is 28.1 Å². The number of carbonyl (C=O) groups excluding carboxylic acids is 3. The molecule has 6 rings (SSSR count). The number of carbonyl (C=O) groups is 3. The Balaban J connectivity index is 1.53. The zero-order chi connectivity index (χ0) is 25.2. The van der Waals surface area contributed by atoms with Gasteiger partial charge in [0.15, 0.2) is 0 Å². The molecule has 0 amide bonds. The lowest BCUT2D eigenvalue weighted by molar-refractivity contribution is -0.307. The van der Waals surface area contributed by atoms with Gasteiger partial charge in [-0.05, 0) is 45.6 Å². The van der Waals surface area contributed by atoms with Gasteiger partial charge in [0.2, 0.25) is 0 Å². The van der Waals surface area contributed by atoms with Gasteiger partial charge in [0, 0.05) is 28.7 Å². The molecule has 190 valence electrons. The number of fused-ring (bicyclic) bond motifs is 2. The average Bonchev–Trinajstić information content (AvgIpc) is 3.25. The van der Waals surface area contributed by atoms with Crippen molar-refractivity contribution < 1.29 is 43.2 Å². The summed E-state index contributed by atoms with van der Waals surface area (Å²) in [6.07, 6.45) is 1.11.